The summed E-state index contributed by atoms with van der Waals surface area (Å²) in [7, 11) is 0. The number of para-hydroxylation sites is 1. The maximum Gasteiger partial charge on any atom is 0.328 e. The zero-order valence-corrected chi connectivity index (χ0v) is 11.9. The molecule has 0 aliphatic carbocycles. The summed E-state index contributed by atoms with van der Waals surface area (Å²) in [4.78, 5) is 27.9. The molecular formula is C16H18N2O3. The third-order valence-corrected chi connectivity index (χ3v) is 3.80. The minimum Gasteiger partial charge on any atom is -0.464 e. The minimum absolute atomic E-state index is 0.0597. The van der Waals surface area contributed by atoms with Crippen molar-refractivity contribution in [2.24, 2.45) is 0 Å². The number of ether oxygens (including phenoxy) is 1. The number of esters is 1. The van der Waals surface area contributed by atoms with Crippen molar-refractivity contribution in [3.05, 3.63) is 40.2 Å². The van der Waals surface area contributed by atoms with Gasteiger partial charge < -0.3 is 15.0 Å². The van der Waals surface area contributed by atoms with E-state index in [0.717, 1.165) is 24.1 Å². The maximum absolute atomic E-state index is 12.6. The highest BCUT2D eigenvalue weighted by molar-refractivity contribution is 5.85. The second kappa shape index (κ2) is 5.60. The van der Waals surface area contributed by atoms with Crippen LogP contribution in [0, 0.1) is 0 Å². The quantitative estimate of drug-likeness (QED) is 0.830. The molecule has 0 bridgehead atoms. The first-order valence-corrected chi connectivity index (χ1v) is 7.27. The molecule has 0 fully saturated rings. The van der Waals surface area contributed by atoms with Crippen molar-refractivity contribution in [2.75, 3.05) is 11.9 Å². The summed E-state index contributed by atoms with van der Waals surface area (Å²) in [5, 5.41) is 3.72. The van der Waals surface area contributed by atoms with Crippen LogP contribution in [0.5, 0.6) is 0 Å². The topological polar surface area (TPSA) is 71.2 Å². The summed E-state index contributed by atoms with van der Waals surface area (Å²) in [5.41, 5.74) is 2.14. The molecule has 1 aromatic heterocycles. The Kier molecular flexibility index (Phi) is 3.64. The molecule has 110 valence electrons. The van der Waals surface area contributed by atoms with Crippen LogP contribution in [-0.2, 0) is 16.0 Å². The lowest BCUT2D eigenvalue weighted by molar-refractivity contribution is -0.144. The standard InChI is InChI=1S/C16H18N2O3/c1-2-21-16(20)13-9-5-8-12-14(18-13)15(19)10-6-3-4-7-11(10)17-12/h3-4,6-7,13,18H,2,5,8-9H2,1H3,(H,17,19). The van der Waals surface area contributed by atoms with Gasteiger partial charge in [-0.15, -0.1) is 0 Å². The Morgan fingerprint density at radius 3 is 3.00 bits per heavy atom. The zero-order valence-electron chi connectivity index (χ0n) is 11.9. The molecule has 2 N–H and O–H groups in total. The smallest absolute Gasteiger partial charge is 0.328 e. The van der Waals surface area contributed by atoms with E-state index >= 15 is 0 Å². The lowest BCUT2D eigenvalue weighted by atomic mass is 10.1. The highest BCUT2D eigenvalue weighted by Crippen LogP contribution is 2.22. The molecule has 0 amide bonds. The number of carbonyl (C=O) groups excluding carboxylic acids is 1. The van der Waals surface area contributed by atoms with Gasteiger partial charge in [-0.1, -0.05) is 12.1 Å². The van der Waals surface area contributed by atoms with Gasteiger partial charge in [-0.25, -0.2) is 4.79 Å². The van der Waals surface area contributed by atoms with Gasteiger partial charge in [0.05, 0.1) is 6.61 Å². The van der Waals surface area contributed by atoms with Gasteiger partial charge in [0.1, 0.15) is 11.7 Å². The van der Waals surface area contributed by atoms with Crippen LogP contribution in [0.4, 0.5) is 5.69 Å². The number of anilines is 1. The molecule has 0 radical (unpaired) electrons. The van der Waals surface area contributed by atoms with Crippen LogP contribution < -0.4 is 10.7 Å². The van der Waals surface area contributed by atoms with Crippen molar-refractivity contribution >= 4 is 22.6 Å². The number of aryl methyl sites for hydroxylation is 1. The van der Waals surface area contributed by atoms with Gasteiger partial charge in [0.2, 0.25) is 5.43 Å². The summed E-state index contributed by atoms with van der Waals surface area (Å²) >= 11 is 0. The van der Waals surface area contributed by atoms with Crippen LogP contribution in [0.2, 0.25) is 0 Å². The third kappa shape index (κ3) is 2.51. The number of nitrogens with one attached hydrogen (secondary N) is 2. The normalized spacial score (nSPS) is 17.7. The van der Waals surface area contributed by atoms with Crippen molar-refractivity contribution < 1.29 is 9.53 Å². The van der Waals surface area contributed by atoms with Crippen molar-refractivity contribution in [3.8, 4) is 0 Å². The molecule has 5 heteroatoms. The predicted octanol–water partition coefficient (Wildman–Crippen LogP) is 2.21. The summed E-state index contributed by atoms with van der Waals surface area (Å²) < 4.78 is 5.07. The van der Waals surface area contributed by atoms with E-state index < -0.39 is 6.04 Å². The third-order valence-electron chi connectivity index (χ3n) is 3.80. The van der Waals surface area contributed by atoms with E-state index in [1.54, 1.807) is 13.0 Å². The number of benzene rings is 1. The summed E-state index contributed by atoms with van der Waals surface area (Å²) in [5.74, 6) is -0.294. The molecule has 0 spiro atoms. The van der Waals surface area contributed by atoms with Gasteiger partial charge >= 0.3 is 5.97 Å². The average Bonchev–Trinajstić information content (AvgIpc) is 2.70. The Hall–Kier alpha value is -2.30. The van der Waals surface area contributed by atoms with Crippen molar-refractivity contribution in [2.45, 2.75) is 32.2 Å². The molecule has 1 atom stereocenters. The maximum atomic E-state index is 12.6. The van der Waals surface area contributed by atoms with Gasteiger partial charge in [-0.3, -0.25) is 4.79 Å². The fourth-order valence-corrected chi connectivity index (χ4v) is 2.78. The number of fused-ring (bicyclic) bond motifs is 2. The highest BCUT2D eigenvalue weighted by Gasteiger charge is 2.25. The molecule has 2 heterocycles. The van der Waals surface area contributed by atoms with Gasteiger partial charge in [0, 0.05) is 16.6 Å². The Morgan fingerprint density at radius 1 is 1.38 bits per heavy atom. The van der Waals surface area contributed by atoms with E-state index in [1.165, 1.54) is 0 Å². The average molecular weight is 286 g/mol. The van der Waals surface area contributed by atoms with Crippen molar-refractivity contribution in [1.82, 2.24) is 4.98 Å². The Labute approximate surface area is 122 Å². The van der Waals surface area contributed by atoms with Crippen LogP contribution in [0.3, 0.4) is 0 Å². The molecule has 5 nitrogen and oxygen atoms in total. The fourth-order valence-electron chi connectivity index (χ4n) is 2.78. The molecule has 1 aliphatic rings. The second-order valence-electron chi connectivity index (χ2n) is 5.19. The number of H-pyrrole nitrogens is 1. The number of aromatic amines is 1. The van der Waals surface area contributed by atoms with Gasteiger partial charge in [0.15, 0.2) is 0 Å². The van der Waals surface area contributed by atoms with Gasteiger partial charge in [-0.2, -0.15) is 0 Å². The number of carbonyl (C=O) groups is 1. The lowest BCUT2D eigenvalue weighted by Crippen LogP contribution is -2.32. The Morgan fingerprint density at radius 2 is 2.19 bits per heavy atom. The number of hydrogen-bond acceptors (Lipinski definition) is 4. The fraction of sp³-hybridized carbons (Fsp3) is 0.375. The second-order valence-corrected chi connectivity index (χ2v) is 5.19. The van der Waals surface area contributed by atoms with E-state index in [2.05, 4.69) is 10.3 Å². The summed E-state index contributed by atoms with van der Waals surface area (Å²) in [6.45, 7) is 2.13. The molecule has 21 heavy (non-hydrogen) atoms. The van der Waals surface area contributed by atoms with E-state index in [1.807, 2.05) is 18.2 Å². The zero-order chi connectivity index (χ0) is 14.8. The predicted molar refractivity (Wildman–Crippen MR) is 81.6 cm³/mol. The molecule has 0 saturated carbocycles. The van der Waals surface area contributed by atoms with E-state index in [0.29, 0.717) is 24.1 Å². The summed E-state index contributed by atoms with van der Waals surface area (Å²) in [6, 6.07) is 6.97. The number of rotatable bonds is 2. The number of aromatic nitrogens is 1. The van der Waals surface area contributed by atoms with E-state index in [9.17, 15) is 9.59 Å². The first-order valence-electron chi connectivity index (χ1n) is 7.27. The van der Waals surface area contributed by atoms with Crippen LogP contribution in [0.15, 0.2) is 29.1 Å². The highest BCUT2D eigenvalue weighted by atomic mass is 16.5. The van der Waals surface area contributed by atoms with Crippen molar-refractivity contribution in [1.29, 1.82) is 0 Å². The van der Waals surface area contributed by atoms with Crippen LogP contribution >= 0.6 is 0 Å². The molecule has 2 aromatic rings. The summed E-state index contributed by atoms with van der Waals surface area (Å²) in [6.07, 6.45) is 2.24. The number of hydrogen-bond donors (Lipinski definition) is 2. The van der Waals surface area contributed by atoms with Crippen molar-refractivity contribution in [3.63, 3.8) is 0 Å². The lowest BCUT2D eigenvalue weighted by Gasteiger charge is -2.16. The van der Waals surface area contributed by atoms with Gasteiger partial charge in [0.25, 0.3) is 0 Å². The minimum atomic E-state index is -0.450. The number of pyridine rings is 1. The Bertz CT molecular complexity index is 736. The SMILES string of the molecule is CCOC(=O)C1CCCc2[nH]c3ccccc3c(=O)c2N1. The molecule has 1 unspecified atom stereocenters. The monoisotopic (exact) mass is 286 g/mol. The molecule has 3 rings (SSSR count). The van der Waals surface area contributed by atoms with Crippen LogP contribution in [0.1, 0.15) is 25.5 Å². The largest absolute Gasteiger partial charge is 0.464 e. The van der Waals surface area contributed by atoms with Crippen LogP contribution in [0.25, 0.3) is 10.9 Å². The molecular weight excluding hydrogens is 268 g/mol. The first kappa shape index (κ1) is 13.7. The van der Waals surface area contributed by atoms with Crippen LogP contribution in [-0.4, -0.2) is 23.6 Å². The van der Waals surface area contributed by atoms with E-state index in [-0.39, 0.29) is 11.4 Å². The first-order chi connectivity index (χ1) is 10.2. The van der Waals surface area contributed by atoms with Gasteiger partial charge in [-0.05, 0) is 38.3 Å². The van der Waals surface area contributed by atoms with E-state index in [4.69, 9.17) is 4.74 Å². The molecule has 1 aliphatic heterocycles. The Balaban J connectivity index is 2.06. The molecule has 0 saturated heterocycles. The molecule has 1 aromatic carbocycles.